The van der Waals surface area contributed by atoms with Crippen LogP contribution in [0.4, 0.5) is 0 Å². The van der Waals surface area contributed by atoms with Gasteiger partial charge in [-0.15, -0.1) is 11.3 Å². The fourth-order valence-corrected chi connectivity index (χ4v) is 5.60. The maximum atomic E-state index is 9.35. The van der Waals surface area contributed by atoms with Crippen LogP contribution in [-0.4, -0.2) is 28.5 Å². The molecule has 2 aliphatic rings. The molecule has 1 saturated heterocycles. The third-order valence-electron chi connectivity index (χ3n) is 7.39. The highest BCUT2D eigenvalue weighted by molar-refractivity contribution is 7.13. The second-order valence-corrected chi connectivity index (χ2v) is 12.2. The molecule has 2 fully saturated rings. The lowest BCUT2D eigenvalue weighted by Gasteiger charge is -2.40. The number of hydrogen-bond acceptors (Lipinski definition) is 6. The van der Waals surface area contributed by atoms with Gasteiger partial charge in [0.15, 0.2) is 0 Å². The van der Waals surface area contributed by atoms with Crippen molar-refractivity contribution in [2.75, 3.05) is 6.54 Å². The van der Waals surface area contributed by atoms with E-state index in [9.17, 15) is 5.26 Å². The van der Waals surface area contributed by atoms with Crippen LogP contribution in [0.25, 0.3) is 10.4 Å². The van der Waals surface area contributed by atoms with E-state index < -0.39 is 0 Å². The van der Waals surface area contributed by atoms with Crippen LogP contribution in [0.5, 0.6) is 0 Å². The lowest BCUT2D eigenvalue weighted by Crippen LogP contribution is -2.47. The molecular formula is C31H43N5S. The molecule has 2 heterocycles. The van der Waals surface area contributed by atoms with Crippen molar-refractivity contribution in [2.45, 2.75) is 78.9 Å². The number of aromatic nitrogens is 1. The number of hydrogen-bond donors (Lipinski definition) is 2. The molecule has 6 heteroatoms. The van der Waals surface area contributed by atoms with E-state index in [1.807, 2.05) is 12.4 Å². The molecular weight excluding hydrogens is 474 g/mol. The Hall–Kier alpha value is -3.04. The van der Waals surface area contributed by atoms with Gasteiger partial charge in [-0.3, -0.25) is 0 Å². The molecule has 1 aliphatic heterocycles. The summed E-state index contributed by atoms with van der Waals surface area (Å²) >= 11 is 1.68. The lowest BCUT2D eigenvalue weighted by atomic mass is 9.83. The van der Waals surface area contributed by atoms with Gasteiger partial charge in [0.25, 0.3) is 0 Å². The Bertz CT molecular complexity index is 1130. The van der Waals surface area contributed by atoms with Gasteiger partial charge in [0, 0.05) is 30.5 Å². The smallest absolute Gasteiger partial charge is 0.0963 e. The highest BCUT2D eigenvalue weighted by atomic mass is 32.1. The minimum atomic E-state index is -0.333. The highest BCUT2D eigenvalue weighted by Gasteiger charge is 2.47. The number of thiazole rings is 1. The Labute approximate surface area is 228 Å². The molecule has 2 N–H and O–H groups in total. The van der Waals surface area contributed by atoms with Gasteiger partial charge in [-0.05, 0) is 62.3 Å². The van der Waals surface area contributed by atoms with E-state index in [0.717, 1.165) is 43.0 Å². The van der Waals surface area contributed by atoms with E-state index in [1.54, 1.807) is 17.5 Å². The lowest BCUT2D eigenvalue weighted by molar-refractivity contribution is 0.232. The van der Waals surface area contributed by atoms with Crippen molar-refractivity contribution in [3.63, 3.8) is 0 Å². The van der Waals surface area contributed by atoms with E-state index in [0.29, 0.717) is 6.04 Å². The first-order valence-corrected chi connectivity index (χ1v) is 14.1. The van der Waals surface area contributed by atoms with E-state index >= 15 is 0 Å². The van der Waals surface area contributed by atoms with Gasteiger partial charge < -0.3 is 15.5 Å². The second-order valence-electron chi connectivity index (χ2n) is 11.3. The summed E-state index contributed by atoms with van der Waals surface area (Å²) in [5.74, 6) is 0. The van der Waals surface area contributed by atoms with Crippen molar-refractivity contribution < 1.29 is 0 Å². The van der Waals surface area contributed by atoms with Gasteiger partial charge in [-0.1, -0.05) is 64.8 Å². The average molecular weight is 518 g/mol. The van der Waals surface area contributed by atoms with Crippen molar-refractivity contribution in [3.8, 4) is 16.5 Å². The zero-order valence-electron chi connectivity index (χ0n) is 23.2. The summed E-state index contributed by atoms with van der Waals surface area (Å²) in [7, 11) is 0. The predicted octanol–water partition coefficient (Wildman–Crippen LogP) is 7.16. The minimum Gasteiger partial charge on any atom is -0.387 e. The normalized spacial score (nSPS) is 18.6. The molecule has 2 aromatic rings. The summed E-state index contributed by atoms with van der Waals surface area (Å²) in [6.45, 7) is 25.0. The Morgan fingerprint density at radius 2 is 1.97 bits per heavy atom. The zero-order valence-corrected chi connectivity index (χ0v) is 24.0. The van der Waals surface area contributed by atoms with Crippen molar-refractivity contribution in [1.29, 1.82) is 5.26 Å². The summed E-state index contributed by atoms with van der Waals surface area (Å²) in [4.78, 5) is 7.93. The topological polar surface area (TPSA) is 64.0 Å². The van der Waals surface area contributed by atoms with Crippen LogP contribution in [0.15, 0.2) is 67.1 Å². The number of nitriles is 1. The Balaban J connectivity index is 0.000000213. The first-order chi connectivity index (χ1) is 17.5. The van der Waals surface area contributed by atoms with E-state index in [2.05, 4.69) is 98.3 Å². The molecule has 1 saturated carbocycles. The third-order valence-corrected chi connectivity index (χ3v) is 8.37. The Morgan fingerprint density at radius 1 is 1.30 bits per heavy atom. The molecule has 0 bridgehead atoms. The molecule has 5 nitrogen and oxygen atoms in total. The first kappa shape index (κ1) is 28.5. The summed E-state index contributed by atoms with van der Waals surface area (Å²) in [5.41, 5.74) is 7.20. The van der Waals surface area contributed by atoms with Crippen LogP contribution in [0, 0.1) is 29.1 Å². The molecule has 198 valence electrons. The van der Waals surface area contributed by atoms with E-state index in [1.165, 1.54) is 28.8 Å². The Morgan fingerprint density at radius 3 is 2.43 bits per heavy atom. The fraction of sp³-hybridized carbons (Fsp3) is 0.484. The van der Waals surface area contributed by atoms with E-state index in [4.69, 9.17) is 0 Å². The molecule has 0 spiro atoms. The van der Waals surface area contributed by atoms with Crippen molar-refractivity contribution in [2.24, 2.45) is 10.8 Å². The molecule has 1 aliphatic carbocycles. The minimum absolute atomic E-state index is 0.0356. The maximum absolute atomic E-state index is 9.35. The number of likely N-dealkylation sites (tertiary alicyclic amines) is 1. The van der Waals surface area contributed by atoms with Crippen LogP contribution in [0.2, 0.25) is 0 Å². The van der Waals surface area contributed by atoms with Gasteiger partial charge >= 0.3 is 0 Å². The van der Waals surface area contributed by atoms with Gasteiger partial charge in [0.05, 0.1) is 33.6 Å². The molecule has 0 radical (unpaired) electrons. The summed E-state index contributed by atoms with van der Waals surface area (Å²) in [6.07, 6.45) is 6.04. The standard InChI is InChI=1S/C18H29N3.C13H14N2S/c1-13-8-7-11-21(13)14(2)16(17(4,5)6)20-15(3)18(12-19)9-10-18;1-3-14-8-11-4-6-12(7-5-11)13-10(2)15-9-16-13/h13,16,20H,2-3,7-11H2,1,4-6H3;3-7,9,14H,1,8H2,2H3. The average Bonchev–Trinajstić information content (AvgIpc) is 3.38. The number of nitrogens with zero attached hydrogens (tertiary/aromatic N) is 3. The number of benzene rings is 1. The highest BCUT2D eigenvalue weighted by Crippen LogP contribution is 2.50. The van der Waals surface area contributed by atoms with Gasteiger partial charge in [-0.2, -0.15) is 5.26 Å². The molecule has 4 rings (SSSR count). The number of rotatable bonds is 9. The molecule has 37 heavy (non-hydrogen) atoms. The predicted molar refractivity (Wildman–Crippen MR) is 157 cm³/mol. The van der Waals surface area contributed by atoms with Crippen LogP contribution < -0.4 is 10.6 Å². The second kappa shape index (κ2) is 12.0. The van der Waals surface area contributed by atoms with Crippen LogP contribution >= 0.6 is 11.3 Å². The maximum Gasteiger partial charge on any atom is 0.0963 e. The van der Waals surface area contributed by atoms with Gasteiger partial charge in [-0.25, -0.2) is 4.98 Å². The zero-order chi connectivity index (χ0) is 27.2. The molecule has 2 unspecified atom stereocenters. The summed E-state index contributed by atoms with van der Waals surface area (Å²) in [5, 5.41) is 16.0. The fourth-order valence-electron chi connectivity index (χ4n) is 4.79. The van der Waals surface area contributed by atoms with Crippen molar-refractivity contribution in [1.82, 2.24) is 20.5 Å². The SMILES string of the molecule is C=C(C(NC(=C)C1(C#N)CC1)C(C)(C)C)N1CCCC1C.C=CNCc1ccc(-c2scnc2C)cc1. The van der Waals surface area contributed by atoms with E-state index in [-0.39, 0.29) is 16.9 Å². The van der Waals surface area contributed by atoms with Crippen molar-refractivity contribution >= 4 is 11.3 Å². The summed E-state index contributed by atoms with van der Waals surface area (Å²) in [6, 6.07) is 11.6. The number of aryl methyl sites for hydroxylation is 1. The molecule has 0 amide bonds. The molecule has 1 aromatic heterocycles. The van der Waals surface area contributed by atoms with Gasteiger partial charge in [0.1, 0.15) is 0 Å². The number of nitrogens with one attached hydrogen (secondary N) is 2. The van der Waals surface area contributed by atoms with Crippen molar-refractivity contribution in [3.05, 3.63) is 78.4 Å². The number of allylic oxidation sites excluding steroid dienone is 1. The largest absolute Gasteiger partial charge is 0.387 e. The quantitative estimate of drug-likeness (QED) is 0.369. The Kier molecular flexibility index (Phi) is 9.26. The first-order valence-electron chi connectivity index (χ1n) is 13.2. The van der Waals surface area contributed by atoms with Crippen LogP contribution in [-0.2, 0) is 6.54 Å². The van der Waals surface area contributed by atoms with Gasteiger partial charge in [0.2, 0.25) is 0 Å². The van der Waals surface area contributed by atoms with Crippen LogP contribution in [0.3, 0.4) is 0 Å². The van der Waals surface area contributed by atoms with Crippen LogP contribution in [0.1, 0.15) is 64.6 Å². The monoisotopic (exact) mass is 517 g/mol. The third kappa shape index (κ3) is 7.05. The molecule has 1 aromatic carbocycles. The molecule has 2 atom stereocenters. The summed E-state index contributed by atoms with van der Waals surface area (Å²) < 4.78 is 0.